The quantitative estimate of drug-likeness (QED) is 0.750. The fourth-order valence-corrected chi connectivity index (χ4v) is 2.77. The van der Waals surface area contributed by atoms with Gasteiger partial charge < -0.3 is 4.74 Å². The van der Waals surface area contributed by atoms with E-state index < -0.39 is 0 Å². The minimum absolute atomic E-state index is 0.166. The number of carbonyl (C=O) groups excluding carboxylic acids is 1. The Morgan fingerprint density at radius 1 is 1.50 bits per heavy atom. The number of hydrogen-bond acceptors (Lipinski definition) is 4. The van der Waals surface area contributed by atoms with Crippen LogP contribution in [0.2, 0.25) is 0 Å². The molecule has 0 amide bonds. The predicted molar refractivity (Wildman–Crippen MR) is 77.3 cm³/mol. The largest absolute Gasteiger partial charge is 0.468 e. The van der Waals surface area contributed by atoms with Crippen molar-refractivity contribution in [1.82, 2.24) is 14.7 Å². The minimum atomic E-state index is -0.166. The monoisotopic (exact) mass is 279 g/mol. The smallest absolute Gasteiger partial charge is 0.319 e. The molecule has 1 aliphatic rings. The van der Waals surface area contributed by atoms with Gasteiger partial charge in [0.1, 0.15) is 0 Å². The number of hydrogen-bond donors (Lipinski definition) is 0. The van der Waals surface area contributed by atoms with Gasteiger partial charge in [0, 0.05) is 24.8 Å². The van der Waals surface area contributed by atoms with Gasteiger partial charge in [0.15, 0.2) is 0 Å². The molecule has 2 rings (SSSR count). The summed E-state index contributed by atoms with van der Waals surface area (Å²) in [7, 11) is 1.45. The molecule has 1 fully saturated rings. The average Bonchev–Trinajstić information content (AvgIpc) is 3.08. The van der Waals surface area contributed by atoms with Crippen LogP contribution in [0, 0.1) is 0 Å². The van der Waals surface area contributed by atoms with Gasteiger partial charge in [-0.1, -0.05) is 12.8 Å². The van der Waals surface area contributed by atoms with E-state index in [2.05, 4.69) is 23.8 Å². The molecule has 1 aromatic heterocycles. The SMILES string of the molecule is COC(=O)CN(Cc1ccn(C(C)C)n1)C1CCCC1. The van der Waals surface area contributed by atoms with Gasteiger partial charge in [0.25, 0.3) is 0 Å². The molecule has 5 heteroatoms. The van der Waals surface area contributed by atoms with E-state index in [0.717, 1.165) is 12.2 Å². The third-order valence-corrected chi connectivity index (χ3v) is 3.96. The first-order valence-corrected chi connectivity index (χ1v) is 7.45. The Labute approximate surface area is 120 Å². The zero-order chi connectivity index (χ0) is 14.5. The van der Waals surface area contributed by atoms with Crippen molar-refractivity contribution in [3.05, 3.63) is 18.0 Å². The fourth-order valence-electron chi connectivity index (χ4n) is 2.77. The average molecular weight is 279 g/mol. The second kappa shape index (κ2) is 6.88. The van der Waals surface area contributed by atoms with Crippen LogP contribution in [-0.4, -0.2) is 40.3 Å². The predicted octanol–water partition coefficient (Wildman–Crippen LogP) is 2.38. The van der Waals surface area contributed by atoms with Crippen LogP contribution < -0.4 is 0 Å². The van der Waals surface area contributed by atoms with Crippen LogP contribution in [0.3, 0.4) is 0 Å². The number of rotatable bonds is 6. The van der Waals surface area contributed by atoms with Crippen LogP contribution in [0.15, 0.2) is 12.3 Å². The lowest BCUT2D eigenvalue weighted by Gasteiger charge is -2.26. The van der Waals surface area contributed by atoms with Crippen molar-refractivity contribution in [3.8, 4) is 0 Å². The highest BCUT2D eigenvalue weighted by atomic mass is 16.5. The van der Waals surface area contributed by atoms with Crippen molar-refractivity contribution in [3.63, 3.8) is 0 Å². The Morgan fingerprint density at radius 3 is 2.75 bits per heavy atom. The molecular weight excluding hydrogens is 254 g/mol. The van der Waals surface area contributed by atoms with Crippen LogP contribution >= 0.6 is 0 Å². The number of aromatic nitrogens is 2. The minimum Gasteiger partial charge on any atom is -0.468 e. The molecule has 112 valence electrons. The van der Waals surface area contributed by atoms with Crippen molar-refractivity contribution >= 4 is 5.97 Å². The maximum atomic E-state index is 11.6. The summed E-state index contributed by atoms with van der Waals surface area (Å²) in [5, 5.41) is 4.58. The maximum Gasteiger partial charge on any atom is 0.319 e. The molecule has 1 aliphatic carbocycles. The van der Waals surface area contributed by atoms with Crippen LogP contribution in [0.4, 0.5) is 0 Å². The lowest BCUT2D eigenvalue weighted by Crippen LogP contribution is -2.37. The molecule has 0 saturated heterocycles. The Kier molecular flexibility index (Phi) is 5.17. The molecule has 0 N–H and O–H groups in total. The van der Waals surface area contributed by atoms with Crippen LogP contribution in [0.5, 0.6) is 0 Å². The lowest BCUT2D eigenvalue weighted by molar-refractivity contribution is -0.142. The molecule has 1 heterocycles. The van der Waals surface area contributed by atoms with Crippen molar-refractivity contribution in [2.45, 2.75) is 58.2 Å². The van der Waals surface area contributed by atoms with E-state index in [1.165, 1.54) is 32.8 Å². The van der Waals surface area contributed by atoms with Crippen molar-refractivity contribution in [1.29, 1.82) is 0 Å². The first-order valence-electron chi connectivity index (χ1n) is 7.45. The summed E-state index contributed by atoms with van der Waals surface area (Å²) in [5.74, 6) is -0.166. The second-order valence-electron chi connectivity index (χ2n) is 5.80. The van der Waals surface area contributed by atoms with E-state index in [-0.39, 0.29) is 5.97 Å². The van der Waals surface area contributed by atoms with E-state index in [1.54, 1.807) is 0 Å². The second-order valence-corrected chi connectivity index (χ2v) is 5.80. The lowest BCUT2D eigenvalue weighted by atomic mass is 10.2. The highest BCUT2D eigenvalue weighted by molar-refractivity contribution is 5.71. The summed E-state index contributed by atoms with van der Waals surface area (Å²) in [6, 6.07) is 2.89. The summed E-state index contributed by atoms with van der Waals surface area (Å²) in [6.45, 7) is 5.30. The highest BCUT2D eigenvalue weighted by Crippen LogP contribution is 2.24. The van der Waals surface area contributed by atoms with Gasteiger partial charge in [-0.25, -0.2) is 0 Å². The van der Waals surface area contributed by atoms with E-state index in [1.807, 2.05) is 16.9 Å². The zero-order valence-corrected chi connectivity index (χ0v) is 12.7. The van der Waals surface area contributed by atoms with E-state index in [0.29, 0.717) is 18.6 Å². The number of methoxy groups -OCH3 is 1. The Bertz CT molecular complexity index is 436. The molecule has 0 atom stereocenters. The first-order chi connectivity index (χ1) is 9.60. The van der Waals surface area contributed by atoms with Gasteiger partial charge in [-0.15, -0.1) is 0 Å². The number of carbonyl (C=O) groups is 1. The summed E-state index contributed by atoms with van der Waals surface area (Å²) in [4.78, 5) is 13.8. The maximum absolute atomic E-state index is 11.6. The van der Waals surface area contributed by atoms with Crippen molar-refractivity contribution in [2.75, 3.05) is 13.7 Å². The summed E-state index contributed by atoms with van der Waals surface area (Å²) < 4.78 is 6.77. The topological polar surface area (TPSA) is 47.4 Å². The molecular formula is C15H25N3O2. The molecule has 0 aromatic carbocycles. The standard InChI is InChI=1S/C15H25N3O2/c1-12(2)18-9-8-13(16-18)10-17(11-15(19)20-3)14-6-4-5-7-14/h8-9,12,14H,4-7,10-11H2,1-3H3. The third-order valence-electron chi connectivity index (χ3n) is 3.96. The van der Waals surface area contributed by atoms with Crippen molar-refractivity contribution in [2.24, 2.45) is 0 Å². The van der Waals surface area contributed by atoms with Crippen LogP contribution in [0.25, 0.3) is 0 Å². The summed E-state index contributed by atoms with van der Waals surface area (Å²) >= 11 is 0. The van der Waals surface area contributed by atoms with Gasteiger partial charge in [0.05, 0.1) is 19.3 Å². The molecule has 1 aromatic rings. The van der Waals surface area contributed by atoms with E-state index >= 15 is 0 Å². The molecule has 0 spiro atoms. The zero-order valence-electron chi connectivity index (χ0n) is 12.7. The number of nitrogens with zero attached hydrogens (tertiary/aromatic N) is 3. The van der Waals surface area contributed by atoms with Gasteiger partial charge in [-0.2, -0.15) is 5.10 Å². The molecule has 20 heavy (non-hydrogen) atoms. The third kappa shape index (κ3) is 3.82. The Balaban J connectivity index is 2.03. The van der Waals surface area contributed by atoms with Gasteiger partial charge in [-0.3, -0.25) is 14.4 Å². The fraction of sp³-hybridized carbons (Fsp3) is 0.733. The van der Waals surface area contributed by atoms with Gasteiger partial charge in [0.2, 0.25) is 0 Å². The van der Waals surface area contributed by atoms with Gasteiger partial charge in [-0.05, 0) is 32.8 Å². The summed E-state index contributed by atoms with van der Waals surface area (Å²) in [6.07, 6.45) is 6.85. The molecule has 0 unspecified atom stereocenters. The van der Waals surface area contributed by atoms with Crippen LogP contribution in [0.1, 0.15) is 51.3 Å². The Morgan fingerprint density at radius 2 is 2.20 bits per heavy atom. The van der Waals surface area contributed by atoms with E-state index in [9.17, 15) is 4.79 Å². The normalized spacial score (nSPS) is 16.2. The molecule has 1 saturated carbocycles. The number of ether oxygens (including phenoxy) is 1. The van der Waals surface area contributed by atoms with E-state index in [4.69, 9.17) is 4.74 Å². The van der Waals surface area contributed by atoms with Crippen LogP contribution in [-0.2, 0) is 16.1 Å². The molecule has 0 bridgehead atoms. The first kappa shape index (κ1) is 15.0. The van der Waals surface area contributed by atoms with Crippen molar-refractivity contribution < 1.29 is 9.53 Å². The number of esters is 1. The molecule has 5 nitrogen and oxygen atoms in total. The Hall–Kier alpha value is -1.36. The molecule has 0 radical (unpaired) electrons. The van der Waals surface area contributed by atoms with Gasteiger partial charge >= 0.3 is 5.97 Å². The summed E-state index contributed by atoms with van der Waals surface area (Å²) in [5.41, 5.74) is 1.02. The highest BCUT2D eigenvalue weighted by Gasteiger charge is 2.25. The molecule has 0 aliphatic heterocycles.